The normalized spacial score (nSPS) is 11.7. The highest BCUT2D eigenvalue weighted by molar-refractivity contribution is 7.08. The molecule has 116 valence electrons. The summed E-state index contributed by atoms with van der Waals surface area (Å²) in [5.41, 5.74) is 7.60. The van der Waals surface area contributed by atoms with Crippen molar-refractivity contribution in [1.29, 1.82) is 0 Å². The van der Waals surface area contributed by atoms with E-state index in [2.05, 4.69) is 10.6 Å². The van der Waals surface area contributed by atoms with Gasteiger partial charge in [0.2, 0.25) is 5.91 Å². The molecule has 1 heterocycles. The number of hydrogen-bond donors (Lipinski definition) is 3. The van der Waals surface area contributed by atoms with Crippen LogP contribution in [-0.4, -0.2) is 24.9 Å². The molecule has 0 aliphatic heterocycles. The monoisotopic (exact) mass is 317 g/mol. The largest absolute Gasteiger partial charge is 0.354 e. The molecule has 0 radical (unpaired) electrons. The van der Waals surface area contributed by atoms with Crippen molar-refractivity contribution in [3.8, 4) is 0 Å². The number of thiophene rings is 1. The summed E-state index contributed by atoms with van der Waals surface area (Å²) in [5, 5.41) is 9.10. The van der Waals surface area contributed by atoms with Gasteiger partial charge in [-0.2, -0.15) is 11.3 Å². The van der Waals surface area contributed by atoms with Crippen molar-refractivity contribution < 1.29 is 9.59 Å². The van der Waals surface area contributed by atoms with Crippen LogP contribution in [0.2, 0.25) is 0 Å². The molecule has 0 aliphatic carbocycles. The summed E-state index contributed by atoms with van der Waals surface area (Å²) in [6.07, 6.45) is 0.234. The van der Waals surface area contributed by atoms with Crippen LogP contribution in [0, 0.1) is 0 Å². The van der Waals surface area contributed by atoms with Crippen molar-refractivity contribution in [3.63, 3.8) is 0 Å². The first-order valence-electron chi connectivity index (χ1n) is 7.04. The third kappa shape index (κ3) is 4.98. The maximum atomic E-state index is 11.7. The average molecular weight is 317 g/mol. The van der Waals surface area contributed by atoms with Gasteiger partial charge in [0.25, 0.3) is 5.91 Å². The first kappa shape index (κ1) is 16.2. The Morgan fingerprint density at radius 2 is 1.91 bits per heavy atom. The highest BCUT2D eigenvalue weighted by Crippen LogP contribution is 2.08. The second-order valence-corrected chi connectivity index (χ2v) is 5.62. The minimum atomic E-state index is -0.231. The molecule has 6 heteroatoms. The van der Waals surface area contributed by atoms with E-state index in [1.54, 1.807) is 11.4 Å². The number of hydrogen-bond acceptors (Lipinski definition) is 4. The van der Waals surface area contributed by atoms with E-state index in [1.165, 1.54) is 11.3 Å². The molecule has 1 aromatic heterocycles. The molecule has 1 unspecified atom stereocenters. The van der Waals surface area contributed by atoms with Gasteiger partial charge in [0.05, 0.1) is 0 Å². The van der Waals surface area contributed by atoms with Crippen molar-refractivity contribution in [3.05, 3.63) is 58.3 Å². The molecule has 0 saturated carbocycles. The molecule has 5 nitrogen and oxygen atoms in total. The van der Waals surface area contributed by atoms with Gasteiger partial charge in [-0.1, -0.05) is 30.3 Å². The number of benzene rings is 1. The number of carbonyl (C=O) groups excluding carboxylic acids is 2. The maximum Gasteiger partial charge on any atom is 0.252 e. The Kier molecular flexibility index (Phi) is 6.12. The molecule has 0 spiro atoms. The van der Waals surface area contributed by atoms with Crippen LogP contribution in [0.3, 0.4) is 0 Å². The Bertz CT molecular complexity index is 599. The van der Waals surface area contributed by atoms with E-state index in [9.17, 15) is 9.59 Å². The highest BCUT2D eigenvalue weighted by Gasteiger charge is 2.09. The Balaban J connectivity index is 1.65. The summed E-state index contributed by atoms with van der Waals surface area (Å²) in [7, 11) is 0. The first-order valence-corrected chi connectivity index (χ1v) is 7.98. The van der Waals surface area contributed by atoms with E-state index < -0.39 is 0 Å². The van der Waals surface area contributed by atoms with E-state index in [1.807, 2.05) is 35.7 Å². The van der Waals surface area contributed by atoms with Crippen LogP contribution in [-0.2, 0) is 4.79 Å². The lowest BCUT2D eigenvalue weighted by atomic mass is 10.1. The summed E-state index contributed by atoms with van der Waals surface area (Å²) in [6.45, 7) is 0.683. The fourth-order valence-electron chi connectivity index (χ4n) is 1.92. The zero-order valence-corrected chi connectivity index (χ0v) is 12.9. The molecule has 0 fully saturated rings. The second kappa shape index (κ2) is 8.31. The lowest BCUT2D eigenvalue weighted by Gasteiger charge is -2.13. The summed E-state index contributed by atoms with van der Waals surface area (Å²) >= 11 is 1.46. The second-order valence-electron chi connectivity index (χ2n) is 4.84. The van der Waals surface area contributed by atoms with Gasteiger partial charge >= 0.3 is 0 Å². The minimum Gasteiger partial charge on any atom is -0.354 e. The number of amides is 2. The number of nitrogens with two attached hydrogens (primary N) is 1. The predicted octanol–water partition coefficient (Wildman–Crippen LogP) is 1.68. The molecule has 0 bridgehead atoms. The van der Waals surface area contributed by atoms with Crippen molar-refractivity contribution in [2.45, 2.75) is 12.5 Å². The third-order valence-electron chi connectivity index (χ3n) is 3.17. The summed E-state index contributed by atoms with van der Waals surface area (Å²) in [4.78, 5) is 23.4. The number of rotatable bonds is 7. The van der Waals surface area contributed by atoms with E-state index >= 15 is 0 Å². The number of nitrogens with one attached hydrogen (secondary N) is 2. The number of carbonyl (C=O) groups is 2. The molecule has 2 amide bonds. The molecule has 0 aliphatic rings. The highest BCUT2D eigenvalue weighted by atomic mass is 32.1. The van der Waals surface area contributed by atoms with Gasteiger partial charge in [-0.15, -0.1) is 0 Å². The minimum absolute atomic E-state index is 0.128. The standard InChI is InChI=1S/C16H19N3O2S/c17-14(12-4-2-1-3-5-12)10-19-15(20)6-8-18-16(21)13-7-9-22-11-13/h1-5,7,9,11,14H,6,8,10,17H2,(H,18,21)(H,19,20). The van der Waals surface area contributed by atoms with Crippen molar-refractivity contribution in [2.75, 3.05) is 13.1 Å². The van der Waals surface area contributed by atoms with Gasteiger partial charge in [-0.25, -0.2) is 0 Å². The quantitative estimate of drug-likeness (QED) is 0.726. The van der Waals surface area contributed by atoms with Crippen LogP contribution < -0.4 is 16.4 Å². The summed E-state index contributed by atoms with van der Waals surface area (Å²) in [6, 6.07) is 11.1. The van der Waals surface area contributed by atoms with Gasteiger partial charge in [-0.3, -0.25) is 9.59 Å². The van der Waals surface area contributed by atoms with Crippen LogP contribution in [0.15, 0.2) is 47.2 Å². The molecule has 2 rings (SSSR count). The van der Waals surface area contributed by atoms with Gasteiger partial charge in [-0.05, 0) is 17.0 Å². The predicted molar refractivity (Wildman–Crippen MR) is 87.6 cm³/mol. The molecule has 1 aromatic carbocycles. The topological polar surface area (TPSA) is 84.2 Å². The zero-order valence-electron chi connectivity index (χ0n) is 12.1. The SMILES string of the molecule is NC(CNC(=O)CCNC(=O)c1ccsc1)c1ccccc1. The fraction of sp³-hybridized carbons (Fsp3) is 0.250. The fourth-order valence-corrected chi connectivity index (χ4v) is 2.55. The molecular weight excluding hydrogens is 298 g/mol. The third-order valence-corrected chi connectivity index (χ3v) is 3.85. The Labute approximate surface area is 133 Å². The maximum absolute atomic E-state index is 11.7. The molecular formula is C16H19N3O2S. The van der Waals surface area contributed by atoms with Gasteiger partial charge in [0, 0.05) is 36.5 Å². The van der Waals surface area contributed by atoms with Gasteiger partial charge in [0.1, 0.15) is 0 Å². The van der Waals surface area contributed by atoms with Crippen molar-refractivity contribution >= 4 is 23.2 Å². The van der Waals surface area contributed by atoms with Crippen molar-refractivity contribution in [1.82, 2.24) is 10.6 Å². The molecule has 0 saturated heterocycles. The zero-order chi connectivity index (χ0) is 15.8. The van der Waals surface area contributed by atoms with Crippen LogP contribution in [0.1, 0.15) is 28.4 Å². The molecule has 4 N–H and O–H groups in total. The molecule has 1 atom stereocenters. The lowest BCUT2D eigenvalue weighted by molar-refractivity contribution is -0.121. The summed E-state index contributed by atoms with van der Waals surface area (Å²) < 4.78 is 0. The Hall–Kier alpha value is -2.18. The average Bonchev–Trinajstić information content (AvgIpc) is 3.08. The van der Waals surface area contributed by atoms with Crippen LogP contribution >= 0.6 is 11.3 Å². The summed E-state index contributed by atoms with van der Waals surface area (Å²) in [5.74, 6) is -0.285. The van der Waals surface area contributed by atoms with E-state index in [0.717, 1.165) is 5.56 Å². The van der Waals surface area contributed by atoms with Gasteiger partial charge in [0.15, 0.2) is 0 Å². The van der Waals surface area contributed by atoms with E-state index in [4.69, 9.17) is 5.73 Å². The van der Waals surface area contributed by atoms with Crippen LogP contribution in [0.5, 0.6) is 0 Å². The Morgan fingerprint density at radius 1 is 1.14 bits per heavy atom. The van der Waals surface area contributed by atoms with E-state index in [-0.39, 0.29) is 24.3 Å². The lowest BCUT2D eigenvalue weighted by Crippen LogP contribution is -2.34. The van der Waals surface area contributed by atoms with E-state index in [0.29, 0.717) is 18.7 Å². The van der Waals surface area contributed by atoms with Crippen LogP contribution in [0.25, 0.3) is 0 Å². The molecule has 2 aromatic rings. The van der Waals surface area contributed by atoms with Crippen LogP contribution in [0.4, 0.5) is 0 Å². The Morgan fingerprint density at radius 3 is 2.59 bits per heavy atom. The molecule has 22 heavy (non-hydrogen) atoms. The van der Waals surface area contributed by atoms with Gasteiger partial charge < -0.3 is 16.4 Å². The first-order chi connectivity index (χ1) is 10.7. The van der Waals surface area contributed by atoms with Crippen molar-refractivity contribution in [2.24, 2.45) is 5.73 Å². The smallest absolute Gasteiger partial charge is 0.252 e.